The van der Waals surface area contributed by atoms with E-state index in [9.17, 15) is 9.36 Å². The molecule has 0 aliphatic heterocycles. The molecule has 0 aromatic heterocycles. The van der Waals surface area contributed by atoms with E-state index in [1.165, 1.54) is 7.11 Å². The highest BCUT2D eigenvalue weighted by atomic mass is 31.2. The second kappa shape index (κ2) is 6.06. The van der Waals surface area contributed by atoms with Crippen LogP contribution in [0.4, 0.5) is 0 Å². The van der Waals surface area contributed by atoms with Gasteiger partial charge in [0.25, 0.3) is 0 Å². The third kappa shape index (κ3) is 7.89. The summed E-state index contributed by atoms with van der Waals surface area (Å²) in [5.41, 5.74) is 0. The number of carboxylic acid groups (broad SMARTS) is 1. The molecule has 0 bridgehead atoms. The van der Waals surface area contributed by atoms with E-state index in [4.69, 9.17) is 10.00 Å². The average Bonchev–Trinajstić information content (AvgIpc) is 1.95. The zero-order chi connectivity index (χ0) is 10.3. The van der Waals surface area contributed by atoms with E-state index in [0.717, 1.165) is 0 Å². The highest BCUT2D eigenvalue weighted by Gasteiger charge is 2.24. The molecule has 1 unspecified atom stereocenters. The van der Waals surface area contributed by atoms with Crippen LogP contribution in [0.2, 0.25) is 0 Å². The molecule has 0 heterocycles. The standard InChI is InChI=1S/C5H11O7P/c1-10-2-3-11-12-13(8,9)4-5(6)7/h2-4H2,1H3,(H,6,7)(H,8,9). The van der Waals surface area contributed by atoms with Gasteiger partial charge in [-0.3, -0.25) is 9.36 Å². The van der Waals surface area contributed by atoms with Crippen LogP contribution in [0.1, 0.15) is 0 Å². The molecule has 0 spiro atoms. The number of hydrogen-bond acceptors (Lipinski definition) is 5. The molecule has 13 heavy (non-hydrogen) atoms. The van der Waals surface area contributed by atoms with Crippen LogP contribution in [-0.4, -0.2) is 42.5 Å². The summed E-state index contributed by atoms with van der Waals surface area (Å²) < 4.78 is 19.3. The van der Waals surface area contributed by atoms with Gasteiger partial charge in [0.1, 0.15) is 12.8 Å². The number of hydrogen-bond donors (Lipinski definition) is 2. The molecular weight excluding hydrogens is 203 g/mol. The molecule has 0 saturated carbocycles. The Morgan fingerprint density at radius 3 is 2.54 bits per heavy atom. The summed E-state index contributed by atoms with van der Waals surface area (Å²) in [6.07, 6.45) is -0.986. The molecule has 2 N–H and O–H groups in total. The molecule has 78 valence electrons. The minimum Gasteiger partial charge on any atom is -0.481 e. The molecule has 0 aliphatic carbocycles. The Morgan fingerprint density at radius 2 is 2.08 bits per heavy atom. The number of ether oxygens (including phenoxy) is 1. The van der Waals surface area contributed by atoms with E-state index in [1.54, 1.807) is 0 Å². The van der Waals surface area contributed by atoms with Crippen LogP contribution in [0.5, 0.6) is 0 Å². The normalized spacial score (nSPS) is 15.2. The average molecular weight is 214 g/mol. The van der Waals surface area contributed by atoms with Crippen molar-refractivity contribution in [3.05, 3.63) is 0 Å². The van der Waals surface area contributed by atoms with Crippen molar-refractivity contribution in [3.63, 3.8) is 0 Å². The first-order valence-corrected chi connectivity index (χ1v) is 5.08. The Bertz CT molecular complexity index is 203. The Hall–Kier alpha value is -0.460. The van der Waals surface area contributed by atoms with Crippen LogP contribution in [0, 0.1) is 0 Å². The second-order valence-electron chi connectivity index (χ2n) is 2.08. The fraction of sp³-hybridized carbons (Fsp3) is 0.800. The monoisotopic (exact) mass is 214 g/mol. The second-order valence-corrected chi connectivity index (χ2v) is 3.82. The lowest BCUT2D eigenvalue weighted by molar-refractivity contribution is -0.219. The van der Waals surface area contributed by atoms with Crippen molar-refractivity contribution in [3.8, 4) is 0 Å². The van der Waals surface area contributed by atoms with Gasteiger partial charge in [0.15, 0.2) is 0 Å². The van der Waals surface area contributed by atoms with Crippen molar-refractivity contribution in [1.82, 2.24) is 0 Å². The van der Waals surface area contributed by atoms with Crippen LogP contribution in [0.3, 0.4) is 0 Å². The van der Waals surface area contributed by atoms with Gasteiger partial charge in [-0.15, -0.1) is 4.67 Å². The van der Waals surface area contributed by atoms with Crippen molar-refractivity contribution >= 4 is 13.6 Å². The first-order valence-electron chi connectivity index (χ1n) is 3.31. The number of aliphatic carboxylic acids is 1. The van der Waals surface area contributed by atoms with Gasteiger partial charge < -0.3 is 14.7 Å². The lowest BCUT2D eigenvalue weighted by atomic mass is 10.8. The van der Waals surface area contributed by atoms with Crippen LogP contribution in [0.25, 0.3) is 0 Å². The predicted octanol–water partition coefficient (Wildman–Crippen LogP) is -0.149. The summed E-state index contributed by atoms with van der Waals surface area (Å²) >= 11 is 0. The van der Waals surface area contributed by atoms with E-state index < -0.39 is 19.7 Å². The van der Waals surface area contributed by atoms with Gasteiger partial charge >= 0.3 is 13.6 Å². The number of methoxy groups -OCH3 is 1. The van der Waals surface area contributed by atoms with Crippen LogP contribution < -0.4 is 0 Å². The highest BCUT2D eigenvalue weighted by Crippen LogP contribution is 2.41. The van der Waals surface area contributed by atoms with Crippen molar-refractivity contribution in [2.75, 3.05) is 26.5 Å². The molecule has 0 fully saturated rings. The Labute approximate surface area is 74.7 Å². The molecule has 0 aliphatic rings. The van der Waals surface area contributed by atoms with Gasteiger partial charge in [-0.2, -0.15) is 0 Å². The van der Waals surface area contributed by atoms with Gasteiger partial charge in [-0.1, -0.05) is 0 Å². The SMILES string of the molecule is COCCOOP(=O)(O)CC(=O)O. The predicted molar refractivity (Wildman–Crippen MR) is 41.2 cm³/mol. The third-order valence-corrected chi connectivity index (χ3v) is 1.88. The summed E-state index contributed by atoms with van der Waals surface area (Å²) in [5, 5.41) is 8.16. The maximum Gasteiger partial charge on any atom is 0.366 e. The minimum atomic E-state index is -4.17. The fourth-order valence-corrected chi connectivity index (χ4v) is 1.07. The summed E-state index contributed by atoms with van der Waals surface area (Å²) in [6.45, 7) is 0.147. The maximum absolute atomic E-state index is 10.8. The lowest BCUT2D eigenvalue weighted by Gasteiger charge is -2.07. The topological polar surface area (TPSA) is 102 Å². The highest BCUT2D eigenvalue weighted by molar-refractivity contribution is 7.53. The first kappa shape index (κ1) is 12.5. The van der Waals surface area contributed by atoms with Crippen molar-refractivity contribution in [1.29, 1.82) is 0 Å². The zero-order valence-corrected chi connectivity index (χ0v) is 7.90. The summed E-state index contributed by atoms with van der Waals surface area (Å²) in [5.74, 6) is -1.43. The first-order chi connectivity index (χ1) is 5.98. The molecule has 8 heteroatoms. The Morgan fingerprint density at radius 1 is 1.46 bits per heavy atom. The Balaban J connectivity index is 3.63. The van der Waals surface area contributed by atoms with E-state index in [1.807, 2.05) is 0 Å². The molecule has 0 amide bonds. The van der Waals surface area contributed by atoms with Gasteiger partial charge in [0.2, 0.25) is 0 Å². The van der Waals surface area contributed by atoms with E-state index in [-0.39, 0.29) is 13.2 Å². The molecule has 0 saturated heterocycles. The van der Waals surface area contributed by atoms with Crippen molar-refractivity contribution in [2.45, 2.75) is 0 Å². The Kier molecular flexibility index (Phi) is 5.85. The summed E-state index contributed by atoms with van der Waals surface area (Å²) in [4.78, 5) is 23.0. The van der Waals surface area contributed by atoms with E-state index >= 15 is 0 Å². The van der Waals surface area contributed by atoms with Gasteiger partial charge in [-0.05, 0) is 0 Å². The smallest absolute Gasteiger partial charge is 0.366 e. The maximum atomic E-state index is 10.8. The fourth-order valence-electron chi connectivity index (χ4n) is 0.434. The lowest BCUT2D eigenvalue weighted by Crippen LogP contribution is -2.08. The third-order valence-electron chi connectivity index (χ3n) is 0.875. The van der Waals surface area contributed by atoms with E-state index in [2.05, 4.69) is 14.3 Å². The molecule has 0 rings (SSSR count). The summed E-state index contributed by atoms with van der Waals surface area (Å²) in [7, 11) is -2.75. The quantitative estimate of drug-likeness (QED) is 0.263. The van der Waals surface area contributed by atoms with Gasteiger partial charge in [-0.25, -0.2) is 4.89 Å². The molecular formula is C5H11O7P. The van der Waals surface area contributed by atoms with Gasteiger partial charge in [0, 0.05) is 7.11 Å². The molecule has 0 aromatic rings. The summed E-state index contributed by atoms with van der Waals surface area (Å²) in [6, 6.07) is 0. The van der Waals surface area contributed by atoms with Crippen molar-refractivity contribution in [2.24, 2.45) is 0 Å². The number of carbonyl (C=O) groups is 1. The molecule has 7 nitrogen and oxygen atoms in total. The van der Waals surface area contributed by atoms with Crippen LogP contribution >= 0.6 is 7.60 Å². The largest absolute Gasteiger partial charge is 0.481 e. The number of rotatable bonds is 7. The van der Waals surface area contributed by atoms with E-state index in [0.29, 0.717) is 0 Å². The van der Waals surface area contributed by atoms with Gasteiger partial charge in [0.05, 0.1) is 6.61 Å². The molecule has 0 aromatic carbocycles. The number of carboxylic acids is 1. The van der Waals surface area contributed by atoms with Crippen LogP contribution in [-0.2, 0) is 23.7 Å². The van der Waals surface area contributed by atoms with Crippen molar-refractivity contribution < 1.29 is 33.7 Å². The zero-order valence-electron chi connectivity index (χ0n) is 7.00. The minimum absolute atomic E-state index is 0.0410. The van der Waals surface area contributed by atoms with Crippen LogP contribution in [0.15, 0.2) is 0 Å². The molecule has 0 radical (unpaired) electrons. The molecule has 1 atom stereocenters.